The summed E-state index contributed by atoms with van der Waals surface area (Å²) in [4.78, 5) is 20.9. The Balaban J connectivity index is 0.000000982. The van der Waals surface area contributed by atoms with Gasteiger partial charge in [0.05, 0.1) is 12.7 Å². The molecule has 0 saturated heterocycles. The van der Waals surface area contributed by atoms with E-state index in [-0.39, 0.29) is 13.0 Å². The van der Waals surface area contributed by atoms with Crippen LogP contribution in [0.15, 0.2) is 30.3 Å². The van der Waals surface area contributed by atoms with Crippen LogP contribution < -0.4 is 20.5 Å². The first kappa shape index (κ1) is 30.8. The summed E-state index contributed by atoms with van der Waals surface area (Å²) in [5.41, 5.74) is 4.13. The van der Waals surface area contributed by atoms with E-state index >= 15 is 0 Å². The van der Waals surface area contributed by atoms with Crippen LogP contribution in [0, 0.1) is 29.3 Å². The van der Waals surface area contributed by atoms with Crippen LogP contribution in [0.1, 0.15) is 68.8 Å². The number of rotatable bonds is 7. The van der Waals surface area contributed by atoms with Crippen molar-refractivity contribution in [1.29, 1.82) is 0 Å². The van der Waals surface area contributed by atoms with Gasteiger partial charge in [0.2, 0.25) is 12.2 Å². The van der Waals surface area contributed by atoms with Crippen LogP contribution in [0.25, 0.3) is 0 Å². The van der Waals surface area contributed by atoms with Crippen molar-refractivity contribution in [1.82, 2.24) is 5.32 Å². The minimum Gasteiger partial charge on any atom is -0.497 e. The lowest BCUT2D eigenvalue weighted by Crippen LogP contribution is -2.32. The fraction of sp³-hybridized carbons (Fsp3) is 0.481. The number of halogens is 3. The molecule has 2 aromatic carbocycles. The summed E-state index contributed by atoms with van der Waals surface area (Å²) in [6.45, 7) is 6.64. The smallest absolute Gasteiger partial charge is 0.254 e. The van der Waals surface area contributed by atoms with Crippen LogP contribution in [0.5, 0.6) is 11.5 Å². The number of benzene rings is 2. The van der Waals surface area contributed by atoms with E-state index in [1.807, 2.05) is 0 Å². The lowest BCUT2D eigenvalue weighted by Gasteiger charge is -2.26. The highest BCUT2D eigenvalue weighted by molar-refractivity contribution is 5.94. The third-order valence-electron chi connectivity index (χ3n) is 5.59. The number of methoxy groups -OCH3 is 1. The van der Waals surface area contributed by atoms with E-state index < -0.39 is 34.7 Å². The summed E-state index contributed by atoms with van der Waals surface area (Å²) in [5, 5.41) is 2.60. The molecule has 0 aromatic heterocycles. The van der Waals surface area contributed by atoms with Gasteiger partial charge in [-0.2, -0.15) is 4.39 Å². The molecular weight excluding hydrogens is 473 g/mol. The number of ether oxygens (including phenoxy) is 2. The number of primary amides is 1. The maximum atomic E-state index is 14.4. The molecule has 0 unspecified atom stereocenters. The third kappa shape index (κ3) is 9.79. The molecule has 0 aliphatic heterocycles. The first-order chi connectivity index (χ1) is 17.2. The molecule has 0 spiro atoms. The van der Waals surface area contributed by atoms with E-state index in [1.165, 1.54) is 13.5 Å². The molecule has 3 N–H and O–H groups in total. The van der Waals surface area contributed by atoms with Gasteiger partial charge in [0.25, 0.3) is 5.91 Å². The average Bonchev–Trinajstić information content (AvgIpc) is 2.87. The molecule has 36 heavy (non-hydrogen) atoms. The molecule has 2 aromatic rings. The van der Waals surface area contributed by atoms with E-state index in [9.17, 15) is 18.0 Å². The summed E-state index contributed by atoms with van der Waals surface area (Å²) >= 11 is 0. The number of carbonyl (C=O) groups is 2. The van der Waals surface area contributed by atoms with Gasteiger partial charge in [-0.25, -0.2) is 8.78 Å². The van der Waals surface area contributed by atoms with Gasteiger partial charge in [-0.3, -0.25) is 9.59 Å². The Labute approximate surface area is 211 Å². The van der Waals surface area contributed by atoms with Crippen molar-refractivity contribution in [3.63, 3.8) is 0 Å². The third-order valence-corrected chi connectivity index (χ3v) is 5.59. The number of hydrogen-bond acceptors (Lipinski definition) is 4. The minimum atomic E-state index is -1.51. The van der Waals surface area contributed by atoms with Crippen molar-refractivity contribution in [3.05, 3.63) is 58.9 Å². The van der Waals surface area contributed by atoms with Crippen molar-refractivity contribution in [2.45, 2.75) is 59.5 Å². The zero-order valence-corrected chi connectivity index (χ0v) is 21.4. The van der Waals surface area contributed by atoms with Gasteiger partial charge < -0.3 is 20.5 Å². The van der Waals surface area contributed by atoms with Crippen molar-refractivity contribution >= 4 is 12.3 Å². The van der Waals surface area contributed by atoms with Crippen molar-refractivity contribution in [3.8, 4) is 11.5 Å². The zero-order chi connectivity index (χ0) is 27.1. The normalized spacial score (nSPS) is 16.4. The Morgan fingerprint density at radius 1 is 1.08 bits per heavy atom. The highest BCUT2D eigenvalue weighted by Gasteiger charge is 2.25. The Morgan fingerprint density at radius 2 is 1.64 bits per heavy atom. The Bertz CT molecular complexity index is 947. The fourth-order valence-corrected chi connectivity index (χ4v) is 3.62. The zero-order valence-electron chi connectivity index (χ0n) is 21.4. The van der Waals surface area contributed by atoms with Crippen LogP contribution >= 0.6 is 0 Å². The van der Waals surface area contributed by atoms with Gasteiger partial charge >= 0.3 is 0 Å². The van der Waals surface area contributed by atoms with Crippen molar-refractivity contribution in [2.75, 3.05) is 13.7 Å². The fourth-order valence-electron chi connectivity index (χ4n) is 3.62. The molecule has 1 aliphatic carbocycles. The van der Waals surface area contributed by atoms with Gasteiger partial charge in [0.15, 0.2) is 17.4 Å². The van der Waals surface area contributed by atoms with Gasteiger partial charge in [-0.05, 0) is 48.4 Å². The lowest BCUT2D eigenvalue weighted by molar-refractivity contribution is -0.106. The Morgan fingerprint density at radius 3 is 2.17 bits per heavy atom. The second kappa shape index (κ2) is 16.4. The largest absolute Gasteiger partial charge is 0.497 e. The molecule has 2 amide bonds. The van der Waals surface area contributed by atoms with E-state index in [2.05, 4.69) is 31.8 Å². The molecule has 6 nitrogen and oxygen atoms in total. The molecule has 0 atom stereocenters. The van der Waals surface area contributed by atoms with E-state index in [1.54, 1.807) is 24.3 Å². The highest BCUT2D eigenvalue weighted by Crippen LogP contribution is 2.29. The summed E-state index contributed by atoms with van der Waals surface area (Å²) < 4.78 is 53.4. The second-order valence-electron chi connectivity index (χ2n) is 8.68. The monoisotopic (exact) mass is 510 g/mol. The van der Waals surface area contributed by atoms with Crippen LogP contribution in [0.2, 0.25) is 0 Å². The predicted octanol–water partition coefficient (Wildman–Crippen LogP) is 5.77. The molecule has 0 radical (unpaired) electrons. The maximum Gasteiger partial charge on any atom is 0.254 e. The first-order valence-electron chi connectivity index (χ1n) is 12.1. The molecular formula is C27H37F3N2O4. The number of hydrogen-bond donors (Lipinski definition) is 2. The number of nitrogens with one attached hydrogen (secondary N) is 1. The summed E-state index contributed by atoms with van der Waals surface area (Å²) in [5.74, 6) is -4.14. The molecule has 9 heteroatoms. The van der Waals surface area contributed by atoms with Gasteiger partial charge in [-0.1, -0.05) is 52.2 Å². The van der Waals surface area contributed by atoms with Gasteiger partial charge in [0, 0.05) is 6.54 Å². The maximum absolute atomic E-state index is 14.4. The molecule has 0 bridgehead atoms. The standard InChI is InChI=1S/C23H26F3NO3.C3H8.CH3NO/c1-14-3-5-15(6-4-14)12-27-23(28)18-11-19(24)22(21(26)20(18)25)30-13-16-7-9-17(29-2)10-8-16;1-3-2;2-1-3/h7-11,14-15H,3-6,12-13H2,1-2H3,(H,27,28);3H2,1-2H3;1H,(H2,2,3). The Kier molecular flexibility index (Phi) is 14.1. The molecule has 200 valence electrons. The molecule has 1 fully saturated rings. The number of amides is 2. The van der Waals surface area contributed by atoms with Crippen molar-refractivity contribution in [2.24, 2.45) is 17.6 Å². The Hall–Kier alpha value is -3.23. The number of carbonyl (C=O) groups excluding carboxylic acids is 2. The average molecular weight is 511 g/mol. The molecule has 1 saturated carbocycles. The van der Waals surface area contributed by atoms with Gasteiger partial charge in [-0.15, -0.1) is 0 Å². The van der Waals surface area contributed by atoms with Gasteiger partial charge in [0.1, 0.15) is 12.4 Å². The highest BCUT2D eigenvalue weighted by atomic mass is 19.2. The quantitative estimate of drug-likeness (QED) is 0.366. The first-order valence-corrected chi connectivity index (χ1v) is 12.1. The summed E-state index contributed by atoms with van der Waals surface area (Å²) in [6.07, 6.45) is 5.62. The molecule has 1 aliphatic rings. The van der Waals surface area contributed by atoms with E-state index in [0.29, 0.717) is 35.8 Å². The summed E-state index contributed by atoms with van der Waals surface area (Å²) in [6, 6.07) is 7.36. The van der Waals surface area contributed by atoms with E-state index in [0.717, 1.165) is 25.7 Å². The summed E-state index contributed by atoms with van der Waals surface area (Å²) in [7, 11) is 1.52. The van der Waals surface area contributed by atoms with Crippen LogP contribution in [-0.2, 0) is 11.4 Å². The SMILES string of the molecule is CCC.COc1ccc(COc2c(F)cc(C(=O)NCC3CCC(C)CC3)c(F)c2F)cc1.NC=O. The van der Waals surface area contributed by atoms with E-state index in [4.69, 9.17) is 14.3 Å². The molecule has 3 rings (SSSR count). The second-order valence-corrected chi connectivity index (χ2v) is 8.68. The van der Waals surface area contributed by atoms with Crippen LogP contribution in [0.3, 0.4) is 0 Å². The molecule has 0 heterocycles. The lowest BCUT2D eigenvalue weighted by atomic mass is 9.83. The predicted molar refractivity (Wildman–Crippen MR) is 133 cm³/mol. The minimum absolute atomic E-state index is 0.164. The van der Waals surface area contributed by atoms with Crippen LogP contribution in [0.4, 0.5) is 13.2 Å². The number of nitrogens with two attached hydrogens (primary N) is 1. The topological polar surface area (TPSA) is 90.7 Å². The van der Waals surface area contributed by atoms with Crippen LogP contribution in [-0.4, -0.2) is 26.0 Å². The van der Waals surface area contributed by atoms with Crippen molar-refractivity contribution < 1.29 is 32.2 Å².